The number of rotatable bonds is 3. The Balaban J connectivity index is 2.33. The molecule has 0 fully saturated rings. The summed E-state index contributed by atoms with van der Waals surface area (Å²) < 4.78 is 13.2. The first-order valence-electron chi connectivity index (χ1n) is 5.86. The van der Waals surface area contributed by atoms with Crippen LogP contribution in [-0.2, 0) is 0 Å². The third kappa shape index (κ3) is 2.68. The van der Waals surface area contributed by atoms with Gasteiger partial charge in [0.05, 0.1) is 6.04 Å². The van der Waals surface area contributed by atoms with Gasteiger partial charge in [-0.2, -0.15) is 0 Å². The van der Waals surface area contributed by atoms with Crippen molar-refractivity contribution in [3.05, 3.63) is 65.5 Å². The summed E-state index contributed by atoms with van der Waals surface area (Å²) in [6.45, 7) is 0. The lowest BCUT2D eigenvalue weighted by Crippen LogP contribution is -2.14. The van der Waals surface area contributed by atoms with Gasteiger partial charge in [0.2, 0.25) is 0 Å². The normalized spacial score (nSPS) is 12.2. The van der Waals surface area contributed by atoms with E-state index in [9.17, 15) is 4.39 Å². The third-order valence-electron chi connectivity index (χ3n) is 2.95. The van der Waals surface area contributed by atoms with E-state index in [0.29, 0.717) is 0 Å². The first-order chi connectivity index (χ1) is 8.58. The van der Waals surface area contributed by atoms with Crippen molar-refractivity contribution in [1.82, 2.24) is 0 Å². The van der Waals surface area contributed by atoms with Crippen LogP contribution in [0.3, 0.4) is 0 Å². The number of hydrogen-bond acceptors (Lipinski definition) is 2. The molecule has 18 heavy (non-hydrogen) atoms. The summed E-state index contributed by atoms with van der Waals surface area (Å²) in [5.74, 6) is -0.258. The van der Waals surface area contributed by atoms with Crippen LogP contribution in [0, 0.1) is 5.82 Å². The standard InChI is InChI=1S/C15H17FN2/c1-18(2)14-8-4-6-12(10-14)15(17)11-5-3-7-13(16)9-11/h3-10,15H,17H2,1-2H3. The van der Waals surface area contributed by atoms with Gasteiger partial charge in [-0.15, -0.1) is 0 Å². The van der Waals surface area contributed by atoms with Crippen molar-refractivity contribution in [3.63, 3.8) is 0 Å². The molecule has 3 heteroatoms. The summed E-state index contributed by atoms with van der Waals surface area (Å²) in [6.07, 6.45) is 0. The minimum absolute atomic E-state index is 0.258. The second-order valence-electron chi connectivity index (χ2n) is 4.52. The molecule has 2 aromatic carbocycles. The molecular weight excluding hydrogens is 227 g/mol. The predicted molar refractivity (Wildman–Crippen MR) is 73.2 cm³/mol. The summed E-state index contributed by atoms with van der Waals surface area (Å²) in [5.41, 5.74) is 9.01. The minimum atomic E-state index is -0.305. The molecule has 2 rings (SSSR count). The maximum absolute atomic E-state index is 13.2. The quantitative estimate of drug-likeness (QED) is 0.899. The fourth-order valence-corrected chi connectivity index (χ4v) is 1.89. The fourth-order valence-electron chi connectivity index (χ4n) is 1.89. The van der Waals surface area contributed by atoms with Crippen LogP contribution in [0.5, 0.6) is 0 Å². The van der Waals surface area contributed by atoms with Crippen molar-refractivity contribution in [1.29, 1.82) is 0 Å². The third-order valence-corrected chi connectivity index (χ3v) is 2.95. The molecule has 0 bridgehead atoms. The molecule has 1 unspecified atom stereocenters. The van der Waals surface area contributed by atoms with E-state index in [0.717, 1.165) is 16.8 Å². The lowest BCUT2D eigenvalue weighted by Gasteiger charge is -2.17. The van der Waals surface area contributed by atoms with E-state index in [1.165, 1.54) is 12.1 Å². The average Bonchev–Trinajstić information content (AvgIpc) is 2.38. The second-order valence-corrected chi connectivity index (χ2v) is 4.52. The SMILES string of the molecule is CN(C)c1cccc(C(N)c2cccc(F)c2)c1. The molecule has 0 radical (unpaired) electrons. The largest absolute Gasteiger partial charge is 0.378 e. The van der Waals surface area contributed by atoms with E-state index < -0.39 is 0 Å². The molecule has 0 saturated heterocycles. The Morgan fingerprint density at radius 3 is 2.22 bits per heavy atom. The number of benzene rings is 2. The van der Waals surface area contributed by atoms with Crippen LogP contribution in [0.4, 0.5) is 10.1 Å². The van der Waals surface area contributed by atoms with Gasteiger partial charge in [0.1, 0.15) is 5.82 Å². The van der Waals surface area contributed by atoms with Gasteiger partial charge in [0.25, 0.3) is 0 Å². The zero-order valence-electron chi connectivity index (χ0n) is 10.6. The van der Waals surface area contributed by atoms with Crippen molar-refractivity contribution in [2.45, 2.75) is 6.04 Å². The smallest absolute Gasteiger partial charge is 0.123 e. The van der Waals surface area contributed by atoms with Crippen molar-refractivity contribution in [3.8, 4) is 0 Å². The number of halogens is 1. The Morgan fingerprint density at radius 1 is 1.00 bits per heavy atom. The molecule has 0 spiro atoms. The molecule has 94 valence electrons. The van der Waals surface area contributed by atoms with Gasteiger partial charge in [0.15, 0.2) is 0 Å². The van der Waals surface area contributed by atoms with Gasteiger partial charge >= 0.3 is 0 Å². The average molecular weight is 244 g/mol. The Bertz CT molecular complexity index is 538. The van der Waals surface area contributed by atoms with E-state index >= 15 is 0 Å². The minimum Gasteiger partial charge on any atom is -0.378 e. The van der Waals surface area contributed by atoms with Gasteiger partial charge in [-0.25, -0.2) is 4.39 Å². The van der Waals surface area contributed by atoms with Crippen molar-refractivity contribution < 1.29 is 4.39 Å². The van der Waals surface area contributed by atoms with Gasteiger partial charge in [-0.3, -0.25) is 0 Å². The maximum Gasteiger partial charge on any atom is 0.123 e. The Labute approximate surface area is 107 Å². The highest BCUT2D eigenvalue weighted by Gasteiger charge is 2.10. The van der Waals surface area contributed by atoms with Crippen LogP contribution in [0.2, 0.25) is 0 Å². The van der Waals surface area contributed by atoms with Crippen molar-refractivity contribution >= 4 is 5.69 Å². The van der Waals surface area contributed by atoms with Gasteiger partial charge in [0, 0.05) is 19.8 Å². The highest BCUT2D eigenvalue weighted by molar-refractivity contribution is 5.49. The molecule has 0 aliphatic heterocycles. The first kappa shape index (κ1) is 12.6. The van der Waals surface area contributed by atoms with Crippen LogP contribution in [0.15, 0.2) is 48.5 Å². The number of hydrogen-bond donors (Lipinski definition) is 1. The summed E-state index contributed by atoms with van der Waals surface area (Å²) in [7, 11) is 3.96. The first-order valence-corrected chi connectivity index (χ1v) is 5.86. The summed E-state index contributed by atoms with van der Waals surface area (Å²) in [5, 5.41) is 0. The molecule has 0 amide bonds. The molecule has 0 heterocycles. The lowest BCUT2D eigenvalue weighted by molar-refractivity contribution is 0.623. The molecule has 1 atom stereocenters. The second kappa shape index (κ2) is 5.19. The van der Waals surface area contributed by atoms with E-state index in [1.807, 2.05) is 49.3 Å². The van der Waals surface area contributed by atoms with Gasteiger partial charge in [-0.1, -0.05) is 24.3 Å². The number of nitrogens with two attached hydrogens (primary N) is 1. The topological polar surface area (TPSA) is 29.3 Å². The fraction of sp³-hybridized carbons (Fsp3) is 0.200. The van der Waals surface area contributed by atoms with Crippen molar-refractivity contribution in [2.75, 3.05) is 19.0 Å². The number of anilines is 1. The highest BCUT2D eigenvalue weighted by atomic mass is 19.1. The molecule has 0 aliphatic rings. The Hall–Kier alpha value is -1.87. The maximum atomic E-state index is 13.2. The number of nitrogens with zero attached hydrogens (tertiary/aromatic N) is 1. The molecule has 2 N–H and O–H groups in total. The molecule has 0 aliphatic carbocycles. The zero-order valence-corrected chi connectivity index (χ0v) is 10.6. The zero-order chi connectivity index (χ0) is 13.1. The Morgan fingerprint density at radius 2 is 1.61 bits per heavy atom. The van der Waals surface area contributed by atoms with Gasteiger partial charge < -0.3 is 10.6 Å². The molecule has 2 aromatic rings. The monoisotopic (exact) mass is 244 g/mol. The predicted octanol–water partition coefficient (Wildman–Crippen LogP) is 2.94. The molecule has 2 nitrogen and oxygen atoms in total. The van der Waals surface area contributed by atoms with Gasteiger partial charge in [-0.05, 0) is 35.4 Å². The van der Waals surface area contributed by atoms with Crippen LogP contribution in [0.1, 0.15) is 17.2 Å². The van der Waals surface area contributed by atoms with E-state index in [4.69, 9.17) is 5.73 Å². The summed E-state index contributed by atoms with van der Waals surface area (Å²) in [6, 6.07) is 14.1. The van der Waals surface area contributed by atoms with E-state index in [2.05, 4.69) is 0 Å². The van der Waals surface area contributed by atoms with Crippen LogP contribution < -0.4 is 10.6 Å². The molecule has 0 aromatic heterocycles. The summed E-state index contributed by atoms with van der Waals surface area (Å²) in [4.78, 5) is 2.02. The van der Waals surface area contributed by atoms with Crippen LogP contribution in [-0.4, -0.2) is 14.1 Å². The molecular formula is C15H17FN2. The van der Waals surface area contributed by atoms with E-state index in [-0.39, 0.29) is 11.9 Å². The van der Waals surface area contributed by atoms with E-state index in [1.54, 1.807) is 6.07 Å². The van der Waals surface area contributed by atoms with Crippen molar-refractivity contribution in [2.24, 2.45) is 5.73 Å². The highest BCUT2D eigenvalue weighted by Crippen LogP contribution is 2.23. The lowest BCUT2D eigenvalue weighted by atomic mass is 9.99. The Kier molecular flexibility index (Phi) is 3.63. The summed E-state index contributed by atoms with van der Waals surface area (Å²) >= 11 is 0. The molecule has 0 saturated carbocycles. The van der Waals surface area contributed by atoms with Crippen LogP contribution in [0.25, 0.3) is 0 Å². The van der Waals surface area contributed by atoms with Crippen LogP contribution >= 0.6 is 0 Å².